The topological polar surface area (TPSA) is 127 Å². The number of hydrogen-bond acceptors (Lipinski definition) is 7. The van der Waals surface area contributed by atoms with Gasteiger partial charge in [0.05, 0.1) is 5.39 Å². The van der Waals surface area contributed by atoms with Crippen LogP contribution < -0.4 is 5.73 Å². The molecule has 3 aromatic rings. The second kappa shape index (κ2) is 6.89. The zero-order valence-electron chi connectivity index (χ0n) is 15.6. The van der Waals surface area contributed by atoms with Crippen LogP contribution in [-0.2, 0) is 10.3 Å². The minimum absolute atomic E-state index is 0.0127. The van der Waals surface area contributed by atoms with Crippen LogP contribution in [0.15, 0.2) is 30.7 Å². The van der Waals surface area contributed by atoms with Crippen molar-refractivity contribution in [3.63, 3.8) is 0 Å². The van der Waals surface area contributed by atoms with Crippen LogP contribution in [0.2, 0.25) is 5.02 Å². The van der Waals surface area contributed by atoms with Gasteiger partial charge in [0.15, 0.2) is 17.7 Å². The molecule has 4 rings (SSSR count). The number of rotatable bonds is 3. The molecule has 1 aliphatic heterocycles. The molecule has 0 unspecified atom stereocenters. The van der Waals surface area contributed by atoms with Crippen LogP contribution in [0, 0.1) is 12.7 Å². The lowest BCUT2D eigenvalue weighted by molar-refractivity contribution is -0.135. The van der Waals surface area contributed by atoms with E-state index < -0.39 is 36.0 Å². The number of benzene rings is 1. The van der Waals surface area contributed by atoms with E-state index in [1.54, 1.807) is 25.1 Å². The SMILES string of the molecule is Cc1cc([C@@](C)(O)[C@H]2O[C@@H](n3cc(F)c4c(N)ncnc43)[C@H](O)[C@@H]2O)ccc1Cl. The van der Waals surface area contributed by atoms with Crippen molar-refractivity contribution in [2.75, 3.05) is 5.73 Å². The lowest BCUT2D eigenvalue weighted by atomic mass is 9.86. The van der Waals surface area contributed by atoms with Crippen molar-refractivity contribution in [3.8, 4) is 0 Å². The van der Waals surface area contributed by atoms with Crippen LogP contribution in [0.5, 0.6) is 0 Å². The van der Waals surface area contributed by atoms with Crippen molar-refractivity contribution in [1.29, 1.82) is 0 Å². The largest absolute Gasteiger partial charge is 0.387 e. The molecule has 10 heteroatoms. The number of aryl methyl sites for hydroxylation is 1. The van der Waals surface area contributed by atoms with Crippen molar-refractivity contribution < 1.29 is 24.4 Å². The first-order valence-electron chi connectivity index (χ1n) is 8.90. The second-order valence-corrected chi connectivity index (χ2v) is 7.79. The molecule has 8 nitrogen and oxygen atoms in total. The van der Waals surface area contributed by atoms with E-state index >= 15 is 0 Å². The Kier molecular flexibility index (Phi) is 4.75. The smallest absolute Gasteiger partial charge is 0.164 e. The number of nitrogens with zero attached hydrogens (tertiary/aromatic N) is 3. The van der Waals surface area contributed by atoms with Crippen molar-refractivity contribution in [1.82, 2.24) is 14.5 Å². The maximum Gasteiger partial charge on any atom is 0.164 e. The average molecular weight is 423 g/mol. The fourth-order valence-electron chi connectivity index (χ4n) is 3.73. The number of aliphatic hydroxyl groups excluding tert-OH is 2. The van der Waals surface area contributed by atoms with Gasteiger partial charge >= 0.3 is 0 Å². The molecule has 0 radical (unpaired) electrons. The number of aliphatic hydroxyl groups is 3. The highest BCUT2D eigenvalue weighted by Crippen LogP contribution is 2.41. The Morgan fingerprint density at radius 3 is 2.69 bits per heavy atom. The van der Waals surface area contributed by atoms with E-state index in [4.69, 9.17) is 22.1 Å². The summed E-state index contributed by atoms with van der Waals surface area (Å²) in [6.45, 7) is 3.25. The van der Waals surface area contributed by atoms with Crippen molar-refractivity contribution in [3.05, 3.63) is 52.7 Å². The fraction of sp³-hybridized carbons (Fsp3) is 0.368. The summed E-state index contributed by atoms with van der Waals surface area (Å²) in [5, 5.41) is 32.9. The molecule has 3 heterocycles. The first-order chi connectivity index (χ1) is 13.6. The van der Waals surface area contributed by atoms with Gasteiger partial charge in [-0.2, -0.15) is 0 Å². The number of ether oxygens (including phenoxy) is 1. The standard InChI is InChI=1S/C19H20ClFN4O4/c1-8-5-9(3-4-10(8)20)19(2,28)15-13(26)14(27)18(29-15)25-6-11(21)12-16(22)23-7-24-17(12)25/h3-7,13-15,18,26-28H,1-2H3,(H2,22,23,24)/t13-,14+,15-,18+,19+/m0/s1. The van der Waals surface area contributed by atoms with E-state index in [9.17, 15) is 19.7 Å². The number of halogens is 2. The summed E-state index contributed by atoms with van der Waals surface area (Å²) in [5.41, 5.74) is 5.35. The predicted octanol–water partition coefficient (Wildman–Crippen LogP) is 1.64. The fourth-order valence-corrected chi connectivity index (χ4v) is 3.85. The lowest BCUT2D eigenvalue weighted by Gasteiger charge is -2.32. The molecule has 0 amide bonds. The zero-order chi connectivity index (χ0) is 21.1. The minimum atomic E-state index is -1.67. The second-order valence-electron chi connectivity index (χ2n) is 7.38. The number of nitrogen functional groups attached to an aromatic ring is 1. The minimum Gasteiger partial charge on any atom is -0.387 e. The first kappa shape index (κ1) is 20.0. The highest BCUT2D eigenvalue weighted by Gasteiger charge is 2.52. The monoisotopic (exact) mass is 422 g/mol. The summed E-state index contributed by atoms with van der Waals surface area (Å²) in [4.78, 5) is 7.78. The van der Waals surface area contributed by atoms with Gasteiger partial charge in [0.2, 0.25) is 0 Å². The van der Waals surface area contributed by atoms with E-state index in [0.29, 0.717) is 10.6 Å². The van der Waals surface area contributed by atoms with Crippen LogP contribution in [0.25, 0.3) is 11.0 Å². The van der Waals surface area contributed by atoms with E-state index in [2.05, 4.69) is 9.97 Å². The maximum atomic E-state index is 14.4. The van der Waals surface area contributed by atoms with Gasteiger partial charge < -0.3 is 30.4 Å². The van der Waals surface area contributed by atoms with E-state index in [1.807, 2.05) is 0 Å². The maximum absolute atomic E-state index is 14.4. The van der Waals surface area contributed by atoms with Crippen LogP contribution >= 0.6 is 11.6 Å². The number of fused-ring (bicyclic) bond motifs is 1. The van der Waals surface area contributed by atoms with Crippen LogP contribution in [0.4, 0.5) is 10.2 Å². The zero-order valence-corrected chi connectivity index (χ0v) is 16.4. The number of aromatic nitrogens is 3. The molecule has 1 saturated heterocycles. The molecule has 1 fully saturated rings. The van der Waals surface area contributed by atoms with Gasteiger partial charge in [-0.05, 0) is 31.0 Å². The van der Waals surface area contributed by atoms with Gasteiger partial charge in [0.1, 0.15) is 36.1 Å². The molecule has 0 spiro atoms. The third kappa shape index (κ3) is 3.06. The van der Waals surface area contributed by atoms with Gasteiger partial charge in [-0.15, -0.1) is 0 Å². The number of hydrogen-bond donors (Lipinski definition) is 4. The summed E-state index contributed by atoms with van der Waals surface area (Å²) < 4.78 is 21.5. The summed E-state index contributed by atoms with van der Waals surface area (Å²) in [5.74, 6) is -0.744. The van der Waals surface area contributed by atoms with Gasteiger partial charge in [-0.25, -0.2) is 14.4 Å². The van der Waals surface area contributed by atoms with Gasteiger partial charge in [0, 0.05) is 11.2 Å². The van der Waals surface area contributed by atoms with E-state index in [-0.39, 0.29) is 16.9 Å². The molecule has 0 aliphatic carbocycles. The molecule has 5 atom stereocenters. The third-order valence-electron chi connectivity index (χ3n) is 5.40. The van der Waals surface area contributed by atoms with Crippen LogP contribution in [0.3, 0.4) is 0 Å². The molecule has 29 heavy (non-hydrogen) atoms. The van der Waals surface area contributed by atoms with E-state index in [1.165, 1.54) is 11.5 Å². The number of nitrogens with two attached hydrogens (primary N) is 1. The van der Waals surface area contributed by atoms with Crippen LogP contribution in [-0.4, -0.2) is 48.2 Å². The molecule has 1 aromatic carbocycles. The highest BCUT2D eigenvalue weighted by atomic mass is 35.5. The van der Waals surface area contributed by atoms with Crippen molar-refractivity contribution >= 4 is 28.5 Å². The van der Waals surface area contributed by atoms with Gasteiger partial charge in [-0.3, -0.25) is 0 Å². The van der Waals surface area contributed by atoms with E-state index in [0.717, 1.165) is 18.1 Å². The Morgan fingerprint density at radius 1 is 1.28 bits per heavy atom. The summed E-state index contributed by atoms with van der Waals surface area (Å²) in [7, 11) is 0. The molecule has 0 saturated carbocycles. The molecule has 0 bridgehead atoms. The molecule has 5 N–H and O–H groups in total. The molecule has 154 valence electrons. The number of anilines is 1. The summed E-state index contributed by atoms with van der Waals surface area (Å²) in [6, 6.07) is 4.92. The highest BCUT2D eigenvalue weighted by molar-refractivity contribution is 6.31. The predicted molar refractivity (Wildman–Crippen MR) is 104 cm³/mol. The molecular weight excluding hydrogens is 403 g/mol. The molecular formula is C19H20ClFN4O4. The normalized spacial score (nSPS) is 26.7. The molecule has 1 aliphatic rings. The lowest BCUT2D eigenvalue weighted by Crippen LogP contribution is -2.45. The molecule has 2 aromatic heterocycles. The first-order valence-corrected chi connectivity index (χ1v) is 9.28. The Bertz CT molecular complexity index is 1090. The Balaban J connectivity index is 1.73. The van der Waals surface area contributed by atoms with Crippen molar-refractivity contribution in [2.24, 2.45) is 0 Å². The van der Waals surface area contributed by atoms with Crippen LogP contribution in [0.1, 0.15) is 24.3 Å². The average Bonchev–Trinajstić information content (AvgIpc) is 3.16. The Morgan fingerprint density at radius 2 is 2.00 bits per heavy atom. The Labute approximate surface area is 170 Å². The third-order valence-corrected chi connectivity index (χ3v) is 5.83. The van der Waals surface area contributed by atoms with Crippen molar-refractivity contribution in [2.45, 2.75) is 44.0 Å². The van der Waals surface area contributed by atoms with Gasteiger partial charge in [-0.1, -0.05) is 23.7 Å². The summed E-state index contributed by atoms with van der Waals surface area (Å²) >= 11 is 6.05. The van der Waals surface area contributed by atoms with Gasteiger partial charge in [0.25, 0.3) is 0 Å². The summed E-state index contributed by atoms with van der Waals surface area (Å²) in [6.07, 6.45) is -3.08. The quantitative estimate of drug-likeness (QED) is 0.505. The Hall–Kier alpha value is -2.30.